The molecule has 11 heteroatoms. The third-order valence-electron chi connectivity index (χ3n) is 8.85. The highest BCUT2D eigenvalue weighted by atomic mass is 32.1. The molecule has 0 saturated carbocycles. The van der Waals surface area contributed by atoms with Crippen LogP contribution >= 0.6 is 12.6 Å². The quantitative estimate of drug-likeness (QED) is 0.112. The first-order valence-electron chi connectivity index (χ1n) is 14.4. The molecular weight excluding hydrogens is 559 g/mol. The van der Waals surface area contributed by atoms with Crippen LogP contribution in [0.15, 0.2) is 16.9 Å². The number of aliphatic hydroxyl groups is 1. The fraction of sp³-hybridized carbons (Fsp3) is 0.484. The number of fused-ring (bicyclic) bond motifs is 5. The Morgan fingerprint density at radius 2 is 2.05 bits per heavy atom. The number of amides is 1. The van der Waals surface area contributed by atoms with E-state index in [9.17, 15) is 19.5 Å². The zero-order chi connectivity index (χ0) is 30.1. The van der Waals surface area contributed by atoms with Crippen molar-refractivity contribution in [2.45, 2.75) is 89.5 Å². The van der Waals surface area contributed by atoms with Gasteiger partial charge in [-0.15, -0.1) is 0 Å². The lowest BCUT2D eigenvalue weighted by molar-refractivity contribution is -0.172. The van der Waals surface area contributed by atoms with Gasteiger partial charge in [-0.05, 0) is 75.8 Å². The van der Waals surface area contributed by atoms with E-state index in [1.54, 1.807) is 24.5 Å². The molecule has 1 amide bonds. The van der Waals surface area contributed by atoms with Crippen LogP contribution in [0.25, 0.3) is 22.3 Å². The van der Waals surface area contributed by atoms with Gasteiger partial charge in [0.1, 0.15) is 12.4 Å². The number of nitrogens with zero attached hydrogens (tertiary/aromatic N) is 2. The molecule has 222 valence electrons. The van der Waals surface area contributed by atoms with E-state index in [2.05, 4.69) is 23.3 Å². The van der Waals surface area contributed by atoms with Crippen molar-refractivity contribution < 1.29 is 23.8 Å². The number of carbonyl (C=O) groups excluding carboxylic acids is 2. The van der Waals surface area contributed by atoms with Crippen molar-refractivity contribution in [2.24, 2.45) is 0 Å². The SMILES string of the molecule is CC[C@@]1(O)C(=O)OCc2c1cc1n(c2=O)Cc2c-1nc1cc(F)c(C)c3c1c2[C@@H](NC(=O)CCCNC(C)(C)S)CC3. The van der Waals surface area contributed by atoms with Gasteiger partial charge in [0, 0.05) is 29.0 Å². The van der Waals surface area contributed by atoms with Crippen molar-refractivity contribution in [1.82, 2.24) is 20.2 Å². The van der Waals surface area contributed by atoms with Gasteiger partial charge in [0.25, 0.3) is 5.56 Å². The van der Waals surface area contributed by atoms with Gasteiger partial charge < -0.3 is 25.0 Å². The predicted octanol–water partition coefficient (Wildman–Crippen LogP) is 3.67. The Labute approximate surface area is 248 Å². The molecular formula is C31H35FN4O5S. The summed E-state index contributed by atoms with van der Waals surface area (Å²) in [5.74, 6) is -1.24. The zero-order valence-corrected chi connectivity index (χ0v) is 25.1. The molecule has 0 saturated heterocycles. The normalized spacial score (nSPS) is 20.6. The number of esters is 1. The number of hydrogen-bond donors (Lipinski definition) is 4. The van der Waals surface area contributed by atoms with E-state index in [-0.39, 0.29) is 58.9 Å². The smallest absolute Gasteiger partial charge is 0.343 e. The first kappa shape index (κ1) is 28.8. The van der Waals surface area contributed by atoms with E-state index in [1.807, 2.05) is 13.8 Å². The third-order valence-corrected chi connectivity index (χ3v) is 9.01. The molecule has 3 aliphatic rings. The summed E-state index contributed by atoms with van der Waals surface area (Å²) in [5, 5.41) is 18.5. The maximum atomic E-state index is 15.1. The largest absolute Gasteiger partial charge is 0.458 e. The Bertz CT molecular complexity index is 1730. The summed E-state index contributed by atoms with van der Waals surface area (Å²) < 4.78 is 21.8. The predicted molar refractivity (Wildman–Crippen MR) is 159 cm³/mol. The second kappa shape index (κ2) is 10.2. The van der Waals surface area contributed by atoms with Crippen LogP contribution < -0.4 is 16.2 Å². The molecule has 2 aromatic heterocycles. The van der Waals surface area contributed by atoms with E-state index >= 15 is 4.39 Å². The summed E-state index contributed by atoms with van der Waals surface area (Å²) in [6, 6.07) is 2.71. The first-order valence-corrected chi connectivity index (χ1v) is 14.9. The molecule has 2 aliphatic heterocycles. The Balaban J connectivity index is 1.46. The van der Waals surface area contributed by atoms with Gasteiger partial charge in [0.2, 0.25) is 5.91 Å². The number of benzene rings is 1. The Kier molecular flexibility index (Phi) is 6.98. The summed E-state index contributed by atoms with van der Waals surface area (Å²) in [5.41, 5.74) is 2.59. The number of cyclic esters (lactones) is 1. The number of pyridine rings is 2. The average Bonchev–Trinajstić information content (AvgIpc) is 3.30. The minimum absolute atomic E-state index is 0.0357. The molecule has 3 aromatic rings. The Morgan fingerprint density at radius 1 is 1.29 bits per heavy atom. The minimum atomic E-state index is -1.94. The lowest BCUT2D eigenvalue weighted by atomic mass is 9.81. The van der Waals surface area contributed by atoms with Crippen LogP contribution in [0.2, 0.25) is 0 Å². The monoisotopic (exact) mass is 594 g/mol. The standard InChI is InChI=1S/C31H35FN4O5S/c1-5-31(40)19-11-23-27-17(13-36(23)28(38)18(19)14-41-29(31)39)26-21(34-24(37)7-6-10-33-30(3,4)42)9-8-16-15(2)20(32)12-22(35-27)25(16)26/h11-12,21,33,40,42H,5-10,13-14H2,1-4H3,(H,34,37)/t21-,31-/m0/s1. The number of aromatic nitrogens is 2. The van der Waals surface area contributed by atoms with Crippen LogP contribution in [0.5, 0.6) is 0 Å². The summed E-state index contributed by atoms with van der Waals surface area (Å²) in [7, 11) is 0. The molecule has 0 spiro atoms. The van der Waals surface area contributed by atoms with Crippen LogP contribution in [0.1, 0.15) is 85.9 Å². The van der Waals surface area contributed by atoms with Crippen molar-refractivity contribution >= 4 is 35.4 Å². The van der Waals surface area contributed by atoms with Crippen LogP contribution in [-0.4, -0.2) is 37.9 Å². The van der Waals surface area contributed by atoms with Crippen LogP contribution in [0.3, 0.4) is 0 Å². The maximum Gasteiger partial charge on any atom is 0.343 e. The number of thiol groups is 1. The van der Waals surface area contributed by atoms with Gasteiger partial charge in [-0.25, -0.2) is 14.2 Å². The Morgan fingerprint density at radius 3 is 2.76 bits per heavy atom. The van der Waals surface area contributed by atoms with Gasteiger partial charge >= 0.3 is 5.97 Å². The van der Waals surface area contributed by atoms with E-state index < -0.39 is 11.6 Å². The first-order chi connectivity index (χ1) is 19.8. The average molecular weight is 595 g/mol. The van der Waals surface area contributed by atoms with E-state index in [0.717, 1.165) is 22.1 Å². The summed E-state index contributed by atoms with van der Waals surface area (Å²) in [6.07, 6.45) is 2.16. The van der Waals surface area contributed by atoms with Gasteiger partial charge in [-0.3, -0.25) is 9.59 Å². The number of carbonyl (C=O) groups is 2. The summed E-state index contributed by atoms with van der Waals surface area (Å²) in [4.78, 5) is 43.9. The molecule has 6 rings (SSSR count). The van der Waals surface area contributed by atoms with E-state index in [0.29, 0.717) is 54.7 Å². The van der Waals surface area contributed by atoms with E-state index in [4.69, 9.17) is 9.72 Å². The fourth-order valence-electron chi connectivity index (χ4n) is 6.61. The van der Waals surface area contributed by atoms with Gasteiger partial charge in [-0.2, -0.15) is 12.6 Å². The number of rotatable bonds is 7. The van der Waals surface area contributed by atoms with Crippen molar-refractivity contribution in [3.8, 4) is 11.4 Å². The van der Waals surface area contributed by atoms with Crippen molar-refractivity contribution in [1.29, 1.82) is 0 Å². The van der Waals surface area contributed by atoms with Crippen molar-refractivity contribution in [3.05, 3.63) is 61.7 Å². The second-order valence-electron chi connectivity index (χ2n) is 12.1. The number of nitrogens with one attached hydrogen (secondary N) is 2. The molecule has 0 bridgehead atoms. The molecule has 4 heterocycles. The Hall–Kier alpha value is -3.28. The molecule has 0 radical (unpaired) electrons. The minimum Gasteiger partial charge on any atom is -0.458 e. The number of ether oxygens (including phenoxy) is 1. The van der Waals surface area contributed by atoms with Crippen LogP contribution in [0.4, 0.5) is 4.39 Å². The molecule has 1 aromatic carbocycles. The molecule has 3 N–H and O–H groups in total. The van der Waals surface area contributed by atoms with Crippen LogP contribution in [0, 0.1) is 12.7 Å². The summed E-state index contributed by atoms with van der Waals surface area (Å²) >= 11 is 4.46. The zero-order valence-electron chi connectivity index (χ0n) is 24.2. The van der Waals surface area contributed by atoms with Crippen molar-refractivity contribution in [3.63, 3.8) is 0 Å². The molecule has 0 fully saturated rings. The third kappa shape index (κ3) is 4.53. The fourth-order valence-corrected chi connectivity index (χ4v) is 6.72. The second-order valence-corrected chi connectivity index (χ2v) is 13.2. The topological polar surface area (TPSA) is 123 Å². The lowest BCUT2D eigenvalue weighted by Crippen LogP contribution is -2.44. The van der Waals surface area contributed by atoms with E-state index in [1.165, 1.54) is 6.07 Å². The molecule has 0 unspecified atom stereocenters. The number of halogens is 1. The van der Waals surface area contributed by atoms with Crippen molar-refractivity contribution in [2.75, 3.05) is 6.54 Å². The van der Waals surface area contributed by atoms with Gasteiger partial charge in [0.05, 0.1) is 39.9 Å². The molecule has 9 nitrogen and oxygen atoms in total. The highest BCUT2D eigenvalue weighted by Crippen LogP contribution is 2.46. The summed E-state index contributed by atoms with van der Waals surface area (Å²) in [6.45, 7) is 7.93. The number of aryl methyl sites for hydroxylation is 1. The lowest BCUT2D eigenvalue weighted by Gasteiger charge is -2.31. The molecule has 42 heavy (non-hydrogen) atoms. The molecule has 1 aliphatic carbocycles. The highest BCUT2D eigenvalue weighted by molar-refractivity contribution is 7.81. The molecule has 2 atom stereocenters. The van der Waals surface area contributed by atoms with Gasteiger partial charge in [0.15, 0.2) is 5.60 Å². The van der Waals surface area contributed by atoms with Crippen LogP contribution in [-0.2, 0) is 39.5 Å². The maximum absolute atomic E-state index is 15.1. The number of hydrogen-bond acceptors (Lipinski definition) is 8. The van der Waals surface area contributed by atoms with Gasteiger partial charge in [-0.1, -0.05) is 6.92 Å². The highest BCUT2D eigenvalue weighted by Gasteiger charge is 2.46.